The number of thiazole rings is 2. The van der Waals surface area contributed by atoms with E-state index in [-0.39, 0.29) is 11.9 Å². The second-order valence-electron chi connectivity index (χ2n) is 7.03. The number of urea groups is 1. The first kappa shape index (κ1) is 19.8. The van der Waals surface area contributed by atoms with Crippen LogP contribution in [0, 0.1) is 5.92 Å². The first-order valence-corrected chi connectivity index (χ1v) is 11.4. The number of rotatable bonds is 5. The minimum Gasteiger partial charge on any atom is -0.338 e. The van der Waals surface area contributed by atoms with Crippen LogP contribution in [-0.4, -0.2) is 46.4 Å². The molecule has 1 aliphatic heterocycles. The molecule has 2 aromatic heterocycles. The molecular weight excluding hydrogens is 406 g/mol. The number of fused-ring (bicyclic) bond motifs is 1. The van der Waals surface area contributed by atoms with Gasteiger partial charge >= 0.3 is 6.03 Å². The van der Waals surface area contributed by atoms with E-state index in [1.807, 2.05) is 36.1 Å². The summed E-state index contributed by atoms with van der Waals surface area (Å²) in [6, 6.07) is 7.84. The molecule has 9 heteroatoms. The lowest BCUT2D eigenvalue weighted by Gasteiger charge is -2.31. The number of hydrogen-bond donors (Lipinski definition) is 2. The molecule has 1 aromatic carbocycles. The van der Waals surface area contributed by atoms with Crippen molar-refractivity contribution >= 4 is 50.0 Å². The van der Waals surface area contributed by atoms with E-state index in [1.165, 1.54) is 22.7 Å². The Labute approximate surface area is 177 Å². The van der Waals surface area contributed by atoms with Gasteiger partial charge < -0.3 is 10.2 Å². The van der Waals surface area contributed by atoms with Gasteiger partial charge in [0.05, 0.1) is 21.4 Å². The summed E-state index contributed by atoms with van der Waals surface area (Å²) in [5, 5.41) is 7.30. The van der Waals surface area contributed by atoms with E-state index in [4.69, 9.17) is 0 Å². The number of amides is 3. The molecule has 0 bridgehead atoms. The van der Waals surface area contributed by atoms with E-state index in [2.05, 4.69) is 20.6 Å². The molecule has 0 atom stereocenters. The van der Waals surface area contributed by atoms with E-state index in [9.17, 15) is 9.59 Å². The van der Waals surface area contributed by atoms with Gasteiger partial charge in [-0.2, -0.15) is 0 Å². The number of hydrogen-bond acceptors (Lipinski definition) is 6. The number of carbonyl (C=O) groups is 2. The van der Waals surface area contributed by atoms with Crippen LogP contribution in [-0.2, 0) is 6.42 Å². The summed E-state index contributed by atoms with van der Waals surface area (Å²) in [5.74, 6) is 0.325. The molecule has 0 aliphatic carbocycles. The van der Waals surface area contributed by atoms with Crippen LogP contribution in [0.5, 0.6) is 0 Å². The van der Waals surface area contributed by atoms with Gasteiger partial charge in [-0.15, -0.1) is 11.3 Å². The summed E-state index contributed by atoms with van der Waals surface area (Å²) < 4.78 is 1.05. The molecule has 3 amide bonds. The van der Waals surface area contributed by atoms with E-state index in [0.29, 0.717) is 22.5 Å². The molecule has 0 spiro atoms. The number of likely N-dealkylation sites (tertiary alicyclic amines) is 1. The van der Waals surface area contributed by atoms with E-state index < -0.39 is 0 Å². The second-order valence-corrected chi connectivity index (χ2v) is 9.17. The Morgan fingerprint density at radius 2 is 2.00 bits per heavy atom. The molecule has 152 valence electrons. The zero-order valence-electron chi connectivity index (χ0n) is 16.2. The van der Waals surface area contributed by atoms with Crippen LogP contribution in [0.1, 0.15) is 34.4 Å². The van der Waals surface area contributed by atoms with E-state index in [0.717, 1.165) is 47.6 Å². The number of benzene rings is 1. The van der Waals surface area contributed by atoms with Crippen molar-refractivity contribution in [2.75, 3.05) is 25.0 Å². The molecule has 29 heavy (non-hydrogen) atoms. The number of carbonyl (C=O) groups excluding carboxylic acids is 2. The topological polar surface area (TPSA) is 87.2 Å². The van der Waals surface area contributed by atoms with Crippen LogP contribution in [0.15, 0.2) is 30.5 Å². The van der Waals surface area contributed by atoms with Crippen molar-refractivity contribution in [3.63, 3.8) is 0 Å². The summed E-state index contributed by atoms with van der Waals surface area (Å²) >= 11 is 2.90. The smallest absolute Gasteiger partial charge is 0.317 e. The Kier molecular flexibility index (Phi) is 6.05. The van der Waals surface area contributed by atoms with Gasteiger partial charge in [0, 0.05) is 26.1 Å². The van der Waals surface area contributed by atoms with Crippen LogP contribution < -0.4 is 10.6 Å². The van der Waals surface area contributed by atoms with Crippen molar-refractivity contribution < 1.29 is 9.59 Å². The molecule has 1 fully saturated rings. The molecule has 2 N–H and O–H groups in total. The minimum absolute atomic E-state index is 0.0222. The van der Waals surface area contributed by atoms with Crippen LogP contribution in [0.4, 0.5) is 9.93 Å². The molecule has 4 rings (SSSR count). The molecule has 1 saturated heterocycles. The maximum Gasteiger partial charge on any atom is 0.317 e. The van der Waals surface area contributed by atoms with Gasteiger partial charge in [-0.3, -0.25) is 10.1 Å². The number of nitrogens with one attached hydrogen (secondary N) is 2. The van der Waals surface area contributed by atoms with Crippen LogP contribution in [0.2, 0.25) is 0 Å². The zero-order chi connectivity index (χ0) is 20.2. The number of nitrogens with zero attached hydrogens (tertiary/aromatic N) is 3. The predicted octanol–water partition coefficient (Wildman–Crippen LogP) is 3.99. The molecular formula is C20H23N5O2S2. The lowest BCUT2D eigenvalue weighted by atomic mass is 9.94. The Hall–Kier alpha value is -2.52. The standard InChI is InChI=1S/C20H23N5O2S2/c1-2-21-20(27)25-9-7-13(8-10-25)11-17-22-12-16(28-17)18(26)24-19-23-14-5-3-4-6-15(14)29-19/h3-6,12-13H,2,7-11H2,1H3,(H,21,27)(H,23,24,26). The molecule has 0 radical (unpaired) electrons. The SMILES string of the molecule is CCNC(=O)N1CCC(Cc2ncc(C(=O)Nc3nc4ccccc4s3)s2)CC1. The van der Waals surface area contributed by atoms with Gasteiger partial charge in [-0.1, -0.05) is 23.5 Å². The average molecular weight is 430 g/mol. The van der Waals surface area contributed by atoms with Crippen molar-refractivity contribution in [3.8, 4) is 0 Å². The van der Waals surface area contributed by atoms with E-state index in [1.54, 1.807) is 6.20 Å². The minimum atomic E-state index is -0.168. The average Bonchev–Trinajstić information content (AvgIpc) is 3.35. The molecule has 1 aliphatic rings. The quantitative estimate of drug-likeness (QED) is 0.642. The van der Waals surface area contributed by atoms with Gasteiger partial charge in [-0.25, -0.2) is 14.8 Å². The zero-order valence-corrected chi connectivity index (χ0v) is 17.8. The first-order valence-electron chi connectivity index (χ1n) is 9.76. The van der Waals surface area contributed by atoms with E-state index >= 15 is 0 Å². The lowest BCUT2D eigenvalue weighted by molar-refractivity contribution is 0.103. The first-order chi connectivity index (χ1) is 14.1. The van der Waals surface area contributed by atoms with Gasteiger partial charge in [-0.05, 0) is 37.8 Å². The lowest BCUT2D eigenvalue weighted by Crippen LogP contribution is -2.44. The fourth-order valence-corrected chi connectivity index (χ4v) is 5.23. The molecule has 0 saturated carbocycles. The summed E-state index contributed by atoms with van der Waals surface area (Å²) in [4.78, 5) is 35.8. The second kappa shape index (κ2) is 8.87. The predicted molar refractivity (Wildman–Crippen MR) is 117 cm³/mol. The fourth-order valence-electron chi connectivity index (χ4n) is 3.44. The maximum absolute atomic E-state index is 12.6. The number of para-hydroxylation sites is 1. The van der Waals surface area contributed by atoms with Crippen molar-refractivity contribution in [1.82, 2.24) is 20.2 Å². The maximum atomic E-state index is 12.6. The monoisotopic (exact) mass is 429 g/mol. The number of anilines is 1. The normalized spacial score (nSPS) is 14.9. The van der Waals surface area contributed by atoms with Gasteiger partial charge in [0.15, 0.2) is 5.13 Å². The third-order valence-corrected chi connectivity index (χ3v) is 6.95. The Morgan fingerprint density at radius 3 is 2.76 bits per heavy atom. The molecule has 3 aromatic rings. The number of piperidine rings is 1. The summed E-state index contributed by atoms with van der Waals surface area (Å²) in [6.07, 6.45) is 4.42. The summed E-state index contributed by atoms with van der Waals surface area (Å²) in [6.45, 7) is 4.12. The van der Waals surface area contributed by atoms with Gasteiger partial charge in [0.25, 0.3) is 5.91 Å². The van der Waals surface area contributed by atoms with Crippen LogP contribution in [0.3, 0.4) is 0 Å². The third kappa shape index (κ3) is 4.73. The Balaban J connectivity index is 1.31. The van der Waals surface area contributed by atoms with Crippen LogP contribution >= 0.6 is 22.7 Å². The Morgan fingerprint density at radius 1 is 1.21 bits per heavy atom. The summed E-state index contributed by atoms with van der Waals surface area (Å²) in [7, 11) is 0. The van der Waals surface area contributed by atoms with Gasteiger partial charge in [0.1, 0.15) is 4.88 Å². The highest BCUT2D eigenvalue weighted by Gasteiger charge is 2.24. The van der Waals surface area contributed by atoms with Crippen molar-refractivity contribution in [3.05, 3.63) is 40.3 Å². The van der Waals surface area contributed by atoms with Crippen LogP contribution in [0.25, 0.3) is 10.2 Å². The summed E-state index contributed by atoms with van der Waals surface area (Å²) in [5.41, 5.74) is 0.886. The largest absolute Gasteiger partial charge is 0.338 e. The molecule has 3 heterocycles. The third-order valence-electron chi connectivity index (χ3n) is 4.98. The Bertz CT molecular complexity index is 974. The van der Waals surface area contributed by atoms with Crippen molar-refractivity contribution in [2.45, 2.75) is 26.2 Å². The molecule has 0 unspecified atom stereocenters. The van der Waals surface area contributed by atoms with Crippen molar-refractivity contribution in [1.29, 1.82) is 0 Å². The highest BCUT2D eigenvalue weighted by molar-refractivity contribution is 7.22. The van der Waals surface area contributed by atoms with Gasteiger partial charge in [0.2, 0.25) is 0 Å². The number of aromatic nitrogens is 2. The fraction of sp³-hybridized carbons (Fsp3) is 0.400. The van der Waals surface area contributed by atoms with Crippen molar-refractivity contribution in [2.24, 2.45) is 5.92 Å². The highest BCUT2D eigenvalue weighted by Crippen LogP contribution is 2.27. The highest BCUT2D eigenvalue weighted by atomic mass is 32.1. The molecule has 7 nitrogen and oxygen atoms in total.